The molecule has 2 fully saturated rings. The first kappa shape index (κ1) is 13.2. The van der Waals surface area contributed by atoms with Crippen LogP contribution in [0.3, 0.4) is 0 Å². The van der Waals surface area contributed by atoms with Gasteiger partial charge in [-0.15, -0.1) is 0 Å². The molecule has 0 radical (unpaired) electrons. The summed E-state index contributed by atoms with van der Waals surface area (Å²) in [6, 6.07) is 2.47. The second-order valence-corrected chi connectivity index (χ2v) is 5.86. The van der Waals surface area contributed by atoms with Crippen LogP contribution in [0.25, 0.3) is 0 Å². The molecule has 0 bridgehead atoms. The zero-order chi connectivity index (χ0) is 14.3. The topological polar surface area (TPSA) is 60.3 Å². The number of carbonyl (C=O) groups excluding carboxylic acids is 2. The van der Waals surface area contributed by atoms with Crippen molar-refractivity contribution in [1.29, 1.82) is 0 Å². The lowest BCUT2D eigenvalue weighted by atomic mass is 10.1. The van der Waals surface area contributed by atoms with Gasteiger partial charge in [0.1, 0.15) is 0 Å². The lowest BCUT2D eigenvalue weighted by molar-refractivity contribution is -0.119. The third-order valence-corrected chi connectivity index (χ3v) is 4.13. The fourth-order valence-electron chi connectivity index (χ4n) is 2.93. The zero-order valence-electron chi connectivity index (χ0n) is 11.9. The van der Waals surface area contributed by atoms with E-state index in [0.717, 1.165) is 11.4 Å². The molecule has 0 unspecified atom stereocenters. The van der Waals surface area contributed by atoms with Crippen LogP contribution in [0.15, 0.2) is 6.07 Å². The second kappa shape index (κ2) is 4.96. The molecule has 0 aromatic carbocycles. The first-order valence-electron chi connectivity index (χ1n) is 7.18. The van der Waals surface area contributed by atoms with Crippen LogP contribution in [0, 0.1) is 19.8 Å². The van der Waals surface area contributed by atoms with Crippen LogP contribution < -0.4 is 5.32 Å². The molecular formula is C15H20N2O3. The number of carbonyl (C=O) groups is 2. The van der Waals surface area contributed by atoms with Crippen molar-refractivity contribution in [2.24, 2.45) is 5.92 Å². The van der Waals surface area contributed by atoms with Crippen molar-refractivity contribution in [3.63, 3.8) is 0 Å². The van der Waals surface area contributed by atoms with E-state index in [1.165, 1.54) is 12.8 Å². The molecule has 1 saturated heterocycles. The smallest absolute Gasteiger partial charge is 0.339 e. The Bertz CT molecular complexity index is 558. The highest BCUT2D eigenvalue weighted by molar-refractivity contribution is 5.91. The molecule has 1 aliphatic heterocycles. The number of aromatic nitrogens is 1. The Kier molecular flexibility index (Phi) is 3.28. The highest BCUT2D eigenvalue weighted by Crippen LogP contribution is 2.38. The minimum absolute atomic E-state index is 0.0398. The minimum Gasteiger partial charge on any atom is -0.462 e. The van der Waals surface area contributed by atoms with Gasteiger partial charge in [-0.2, -0.15) is 0 Å². The van der Waals surface area contributed by atoms with Crippen molar-refractivity contribution in [1.82, 2.24) is 9.88 Å². The monoisotopic (exact) mass is 276 g/mol. The molecular weight excluding hydrogens is 256 g/mol. The van der Waals surface area contributed by atoms with Crippen molar-refractivity contribution < 1.29 is 14.3 Å². The number of nitrogens with one attached hydrogen (secondary N) is 1. The largest absolute Gasteiger partial charge is 0.462 e. The van der Waals surface area contributed by atoms with E-state index in [1.807, 2.05) is 19.9 Å². The summed E-state index contributed by atoms with van der Waals surface area (Å²) in [7, 11) is 0. The highest BCUT2D eigenvalue weighted by atomic mass is 16.5. The van der Waals surface area contributed by atoms with Crippen LogP contribution >= 0.6 is 0 Å². The molecule has 0 spiro atoms. The Balaban J connectivity index is 1.65. The molecule has 1 amide bonds. The first-order chi connectivity index (χ1) is 9.56. The maximum absolute atomic E-state index is 12.2. The lowest BCUT2D eigenvalue weighted by Gasteiger charge is -2.10. The predicted molar refractivity (Wildman–Crippen MR) is 73.6 cm³/mol. The Morgan fingerprint density at radius 1 is 1.45 bits per heavy atom. The van der Waals surface area contributed by atoms with E-state index in [2.05, 4.69) is 9.88 Å². The molecule has 1 aromatic heterocycles. The molecule has 1 saturated carbocycles. The van der Waals surface area contributed by atoms with Crippen molar-refractivity contribution in [2.75, 3.05) is 13.2 Å². The Morgan fingerprint density at radius 2 is 2.20 bits per heavy atom. The van der Waals surface area contributed by atoms with Crippen LogP contribution in [0.2, 0.25) is 0 Å². The van der Waals surface area contributed by atoms with Crippen LogP contribution in [0.5, 0.6) is 0 Å². The van der Waals surface area contributed by atoms with Crippen LogP contribution in [-0.4, -0.2) is 29.6 Å². The summed E-state index contributed by atoms with van der Waals surface area (Å²) in [6.07, 6.45) is 2.84. The van der Waals surface area contributed by atoms with E-state index in [4.69, 9.17) is 4.74 Å². The molecule has 1 aromatic rings. The molecule has 1 atom stereocenters. The van der Waals surface area contributed by atoms with Crippen LogP contribution in [-0.2, 0) is 9.53 Å². The summed E-state index contributed by atoms with van der Waals surface area (Å²) >= 11 is 0. The number of aryl methyl sites for hydroxylation is 1. The second-order valence-electron chi connectivity index (χ2n) is 5.86. The zero-order valence-corrected chi connectivity index (χ0v) is 11.9. The molecule has 1 aliphatic carbocycles. The third kappa shape index (κ3) is 2.44. The van der Waals surface area contributed by atoms with Crippen LogP contribution in [0.4, 0.5) is 0 Å². The van der Waals surface area contributed by atoms with Gasteiger partial charge in [-0.05, 0) is 32.8 Å². The number of hydrogen-bond donors (Lipinski definition) is 1. The predicted octanol–water partition coefficient (Wildman–Crippen LogP) is 1.73. The molecule has 20 heavy (non-hydrogen) atoms. The standard InChI is InChI=1S/C15H20N2O3/c1-9-5-13(10(2)17(9)12-3-4-12)15(19)20-8-11-6-14(18)16-7-11/h5,11-12H,3-4,6-8H2,1-2H3,(H,16,18)/t11-/m1/s1. The molecule has 2 heterocycles. The van der Waals surface area contributed by atoms with Gasteiger partial charge in [0.2, 0.25) is 5.91 Å². The fraction of sp³-hybridized carbons (Fsp3) is 0.600. The fourth-order valence-corrected chi connectivity index (χ4v) is 2.93. The first-order valence-corrected chi connectivity index (χ1v) is 7.18. The average molecular weight is 276 g/mol. The van der Waals surface area contributed by atoms with E-state index in [1.54, 1.807) is 0 Å². The van der Waals surface area contributed by atoms with E-state index in [0.29, 0.717) is 31.2 Å². The van der Waals surface area contributed by atoms with E-state index in [9.17, 15) is 9.59 Å². The van der Waals surface area contributed by atoms with Crippen LogP contribution in [0.1, 0.15) is 47.1 Å². The normalized spacial score (nSPS) is 21.9. The van der Waals surface area contributed by atoms with Gasteiger partial charge >= 0.3 is 5.97 Å². The summed E-state index contributed by atoms with van der Waals surface area (Å²) in [4.78, 5) is 23.3. The van der Waals surface area contributed by atoms with E-state index >= 15 is 0 Å². The Hall–Kier alpha value is -1.78. The van der Waals surface area contributed by atoms with Gasteiger partial charge in [-0.1, -0.05) is 0 Å². The molecule has 5 heteroatoms. The lowest BCUT2D eigenvalue weighted by Crippen LogP contribution is -2.18. The SMILES string of the molecule is Cc1cc(C(=O)OC[C@H]2CNC(=O)C2)c(C)n1C1CC1. The average Bonchev–Trinajstić information content (AvgIpc) is 3.08. The van der Waals surface area contributed by atoms with Crippen molar-refractivity contribution in [3.8, 4) is 0 Å². The number of ether oxygens (including phenoxy) is 1. The van der Waals surface area contributed by atoms with Gasteiger partial charge in [0.05, 0.1) is 12.2 Å². The van der Waals surface area contributed by atoms with Crippen molar-refractivity contribution in [3.05, 3.63) is 23.0 Å². The van der Waals surface area contributed by atoms with Gasteiger partial charge in [-0.25, -0.2) is 4.79 Å². The summed E-state index contributed by atoms with van der Waals surface area (Å²) < 4.78 is 7.60. The van der Waals surface area contributed by atoms with Gasteiger partial charge < -0.3 is 14.6 Å². The summed E-state index contributed by atoms with van der Waals surface area (Å²) in [6.45, 7) is 4.92. The summed E-state index contributed by atoms with van der Waals surface area (Å²) in [5.74, 6) is -0.124. The Morgan fingerprint density at radius 3 is 2.80 bits per heavy atom. The molecule has 5 nitrogen and oxygen atoms in total. The summed E-state index contributed by atoms with van der Waals surface area (Å²) in [5, 5.41) is 2.75. The molecule has 108 valence electrons. The number of rotatable bonds is 4. The number of esters is 1. The Labute approximate surface area is 118 Å². The maximum atomic E-state index is 12.2. The maximum Gasteiger partial charge on any atom is 0.339 e. The van der Waals surface area contributed by atoms with Gasteiger partial charge in [-0.3, -0.25) is 4.79 Å². The molecule has 1 N–H and O–H groups in total. The van der Waals surface area contributed by atoms with Gasteiger partial charge in [0, 0.05) is 36.3 Å². The number of amides is 1. The highest BCUT2D eigenvalue weighted by Gasteiger charge is 2.29. The quantitative estimate of drug-likeness (QED) is 0.852. The van der Waals surface area contributed by atoms with E-state index < -0.39 is 0 Å². The molecule has 2 aliphatic rings. The molecule has 3 rings (SSSR count). The van der Waals surface area contributed by atoms with Gasteiger partial charge in [0.25, 0.3) is 0 Å². The van der Waals surface area contributed by atoms with Crippen molar-refractivity contribution >= 4 is 11.9 Å². The minimum atomic E-state index is -0.274. The summed E-state index contributed by atoms with van der Waals surface area (Å²) in [5.41, 5.74) is 2.77. The van der Waals surface area contributed by atoms with E-state index in [-0.39, 0.29) is 17.8 Å². The third-order valence-electron chi connectivity index (χ3n) is 4.13. The number of hydrogen-bond acceptors (Lipinski definition) is 3. The van der Waals surface area contributed by atoms with Gasteiger partial charge in [0.15, 0.2) is 0 Å². The number of nitrogens with zero attached hydrogens (tertiary/aromatic N) is 1. The van der Waals surface area contributed by atoms with Crippen molar-refractivity contribution in [2.45, 2.75) is 39.2 Å².